The van der Waals surface area contributed by atoms with Crippen LogP contribution in [0.5, 0.6) is 0 Å². The van der Waals surface area contributed by atoms with Crippen LogP contribution in [0.25, 0.3) is 88.0 Å². The Morgan fingerprint density at radius 1 is 0.465 bits per heavy atom. The standard InChI is InChI=1S/C67H52N4/c1-43-14-8-10-18-55(43)58-40-54(28-23-45(58)3)69(52-31-33-53(34-32-52)70-63-21-13-12-20-57(63)62-42-68-37-36-65(62)70)51-29-25-47(26-30-51)48-27-35-64-60(38-48)61-41-59-49(39-66(61)71(64)50-16-6-5-7-17-50)24-22-46(4)67(59)56-19-11-9-15-44(56)2/h5-42,45,58H,1-4H3. The SMILES string of the molecule is Cc1ccccc1-c1c(C)ccc2cc3c(cc12)c1cc(-c2ccc(N(C4=CC(c5ccccc5C)C(C)C=C4)c4ccc(-n5c6ccccc6c6cnccc65)cc4)cc2)ccc1n3-c1ccccc1. The van der Waals surface area contributed by atoms with Crippen LogP contribution in [-0.4, -0.2) is 14.1 Å². The number of rotatable bonds is 8. The molecule has 0 N–H and O–H groups in total. The lowest BCUT2D eigenvalue weighted by molar-refractivity contribution is 0.626. The zero-order valence-electron chi connectivity index (χ0n) is 40.4. The van der Waals surface area contributed by atoms with Gasteiger partial charge in [0.2, 0.25) is 0 Å². The Morgan fingerprint density at radius 2 is 1.11 bits per heavy atom. The van der Waals surface area contributed by atoms with Gasteiger partial charge in [-0.2, -0.15) is 0 Å². The number of benzene rings is 9. The van der Waals surface area contributed by atoms with Crippen molar-refractivity contribution >= 4 is 65.8 Å². The number of nitrogens with zero attached hydrogens (tertiary/aromatic N) is 4. The van der Waals surface area contributed by atoms with E-state index in [2.05, 4.69) is 265 Å². The van der Waals surface area contributed by atoms with E-state index in [4.69, 9.17) is 0 Å². The van der Waals surface area contributed by atoms with Crippen molar-refractivity contribution < 1.29 is 0 Å². The van der Waals surface area contributed by atoms with Gasteiger partial charge >= 0.3 is 0 Å². The maximum Gasteiger partial charge on any atom is 0.0571 e. The molecule has 71 heavy (non-hydrogen) atoms. The summed E-state index contributed by atoms with van der Waals surface area (Å²) in [6.07, 6.45) is 11.0. The number of aromatic nitrogens is 3. The normalized spacial score (nSPS) is 14.8. The van der Waals surface area contributed by atoms with E-state index in [0.29, 0.717) is 5.92 Å². The monoisotopic (exact) mass is 912 g/mol. The summed E-state index contributed by atoms with van der Waals surface area (Å²) in [7, 11) is 0. The molecule has 1 aliphatic rings. The van der Waals surface area contributed by atoms with Gasteiger partial charge in [0.05, 0.1) is 22.1 Å². The quantitative estimate of drug-likeness (QED) is 0.152. The second-order valence-corrected chi connectivity index (χ2v) is 19.4. The van der Waals surface area contributed by atoms with Crippen molar-refractivity contribution in [1.82, 2.24) is 14.1 Å². The molecule has 3 aromatic heterocycles. The lowest BCUT2D eigenvalue weighted by Crippen LogP contribution is -2.20. The topological polar surface area (TPSA) is 26.0 Å². The molecule has 9 aromatic carbocycles. The van der Waals surface area contributed by atoms with Crippen LogP contribution in [0.1, 0.15) is 35.1 Å². The summed E-state index contributed by atoms with van der Waals surface area (Å²) in [6.45, 7) is 9.02. The summed E-state index contributed by atoms with van der Waals surface area (Å²) in [5.41, 5.74) is 20.5. The lowest BCUT2D eigenvalue weighted by atomic mass is 9.81. The van der Waals surface area contributed by atoms with Crippen molar-refractivity contribution in [2.24, 2.45) is 5.92 Å². The second-order valence-electron chi connectivity index (χ2n) is 19.4. The summed E-state index contributed by atoms with van der Waals surface area (Å²) in [5.74, 6) is 0.595. The highest BCUT2D eigenvalue weighted by atomic mass is 15.1. The molecular formula is C67H52N4. The molecule has 0 amide bonds. The first kappa shape index (κ1) is 42.4. The van der Waals surface area contributed by atoms with Crippen molar-refractivity contribution in [3.63, 3.8) is 0 Å². The zero-order chi connectivity index (χ0) is 47.7. The van der Waals surface area contributed by atoms with E-state index in [1.165, 1.54) is 88.0 Å². The summed E-state index contributed by atoms with van der Waals surface area (Å²) >= 11 is 0. The summed E-state index contributed by atoms with van der Waals surface area (Å²) in [6, 6.07) is 73.8. The second kappa shape index (κ2) is 17.0. The van der Waals surface area contributed by atoms with E-state index in [1.807, 2.05) is 12.4 Å². The van der Waals surface area contributed by atoms with E-state index >= 15 is 0 Å². The molecule has 13 rings (SSSR count). The first-order valence-electron chi connectivity index (χ1n) is 24.8. The summed E-state index contributed by atoms with van der Waals surface area (Å²) < 4.78 is 4.79. The van der Waals surface area contributed by atoms with Crippen LogP contribution in [0.2, 0.25) is 0 Å². The van der Waals surface area contributed by atoms with E-state index in [1.54, 1.807) is 0 Å². The van der Waals surface area contributed by atoms with Gasteiger partial charge in [0, 0.05) is 68.3 Å². The maximum absolute atomic E-state index is 4.49. The molecule has 2 atom stereocenters. The fourth-order valence-electron chi connectivity index (χ4n) is 11.5. The minimum Gasteiger partial charge on any atom is -0.311 e. The van der Waals surface area contributed by atoms with Crippen LogP contribution in [0, 0.1) is 26.7 Å². The van der Waals surface area contributed by atoms with E-state index < -0.39 is 0 Å². The van der Waals surface area contributed by atoms with Crippen molar-refractivity contribution in [2.45, 2.75) is 33.6 Å². The number of hydrogen-bond donors (Lipinski definition) is 0. The molecule has 0 spiro atoms. The third kappa shape index (κ3) is 7.09. The van der Waals surface area contributed by atoms with Gasteiger partial charge in [-0.25, -0.2) is 0 Å². The molecule has 0 saturated heterocycles. The van der Waals surface area contributed by atoms with Crippen LogP contribution in [0.15, 0.2) is 237 Å². The van der Waals surface area contributed by atoms with E-state index in [9.17, 15) is 0 Å². The average molecular weight is 913 g/mol. The Morgan fingerprint density at radius 3 is 1.92 bits per heavy atom. The molecule has 340 valence electrons. The summed E-state index contributed by atoms with van der Waals surface area (Å²) in [5, 5.41) is 7.35. The molecule has 2 unspecified atom stereocenters. The van der Waals surface area contributed by atoms with E-state index in [0.717, 1.165) is 39.3 Å². The number of aryl methyl sites for hydroxylation is 3. The Bertz CT molecular complexity index is 4040. The lowest BCUT2D eigenvalue weighted by Gasteiger charge is -2.32. The van der Waals surface area contributed by atoms with Crippen molar-refractivity contribution in [3.8, 4) is 33.6 Å². The number of para-hydroxylation sites is 2. The van der Waals surface area contributed by atoms with Gasteiger partial charge in [-0.3, -0.25) is 4.98 Å². The van der Waals surface area contributed by atoms with Crippen LogP contribution in [0.3, 0.4) is 0 Å². The van der Waals surface area contributed by atoms with Crippen LogP contribution >= 0.6 is 0 Å². The highest BCUT2D eigenvalue weighted by Gasteiger charge is 2.25. The van der Waals surface area contributed by atoms with Crippen LogP contribution < -0.4 is 4.90 Å². The Labute approximate surface area is 414 Å². The number of pyridine rings is 1. The van der Waals surface area contributed by atoms with Crippen molar-refractivity contribution in [1.29, 1.82) is 0 Å². The Balaban J connectivity index is 0.942. The molecule has 3 heterocycles. The van der Waals surface area contributed by atoms with Gasteiger partial charge in [-0.05, 0) is 173 Å². The Hall–Kier alpha value is -8.73. The number of hydrogen-bond acceptors (Lipinski definition) is 2. The first-order chi connectivity index (χ1) is 34.9. The molecule has 0 radical (unpaired) electrons. The van der Waals surface area contributed by atoms with Gasteiger partial charge in [0.1, 0.15) is 0 Å². The van der Waals surface area contributed by atoms with Crippen LogP contribution in [0.4, 0.5) is 11.4 Å². The van der Waals surface area contributed by atoms with Crippen molar-refractivity contribution in [2.75, 3.05) is 4.90 Å². The number of fused-ring (bicyclic) bond motifs is 7. The molecule has 4 heteroatoms. The minimum atomic E-state index is 0.238. The highest BCUT2D eigenvalue weighted by molar-refractivity contribution is 6.17. The zero-order valence-corrected chi connectivity index (χ0v) is 40.4. The number of anilines is 2. The average Bonchev–Trinajstić information content (AvgIpc) is 3.92. The minimum absolute atomic E-state index is 0.238. The molecule has 4 nitrogen and oxygen atoms in total. The summed E-state index contributed by atoms with van der Waals surface area (Å²) in [4.78, 5) is 6.91. The molecular weight excluding hydrogens is 861 g/mol. The van der Waals surface area contributed by atoms with Gasteiger partial charge in [-0.15, -0.1) is 0 Å². The smallest absolute Gasteiger partial charge is 0.0571 e. The maximum atomic E-state index is 4.49. The van der Waals surface area contributed by atoms with Gasteiger partial charge in [-0.1, -0.05) is 134 Å². The fourth-order valence-corrected chi connectivity index (χ4v) is 11.5. The van der Waals surface area contributed by atoms with Crippen molar-refractivity contribution in [3.05, 3.63) is 259 Å². The highest BCUT2D eigenvalue weighted by Crippen LogP contribution is 2.43. The third-order valence-corrected chi connectivity index (χ3v) is 15.1. The third-order valence-electron chi connectivity index (χ3n) is 15.1. The molecule has 0 aliphatic heterocycles. The van der Waals surface area contributed by atoms with Gasteiger partial charge in [0.25, 0.3) is 0 Å². The predicted octanol–water partition coefficient (Wildman–Crippen LogP) is 17.7. The molecule has 0 saturated carbocycles. The molecule has 1 aliphatic carbocycles. The van der Waals surface area contributed by atoms with Crippen LogP contribution in [-0.2, 0) is 0 Å². The Kier molecular flexibility index (Phi) is 10.2. The first-order valence-corrected chi connectivity index (χ1v) is 24.8. The predicted molar refractivity (Wildman–Crippen MR) is 300 cm³/mol. The fraction of sp³-hybridized carbons (Fsp3) is 0.0896. The largest absolute Gasteiger partial charge is 0.311 e. The van der Waals surface area contributed by atoms with Gasteiger partial charge < -0.3 is 14.0 Å². The molecule has 12 aromatic rings. The molecule has 0 bridgehead atoms. The van der Waals surface area contributed by atoms with E-state index in [-0.39, 0.29) is 5.92 Å². The molecule has 0 fully saturated rings. The number of allylic oxidation sites excluding steroid dienone is 3. The van der Waals surface area contributed by atoms with Gasteiger partial charge in [0.15, 0.2) is 0 Å².